The second-order valence-corrected chi connectivity index (χ2v) is 11.5. The molecule has 3 saturated heterocycles. The van der Waals surface area contributed by atoms with E-state index in [1.54, 1.807) is 20.8 Å². The SMILES string of the molecule is CO[C@@H](c1ccc(NC2NN([C@]3(CC#N)CC[C@@H](C(=O)OC(C)(C)C)OC3)C3CCNC(=O)C23)cc1)C(F)(F)F. The van der Waals surface area contributed by atoms with Crippen LogP contribution in [0.5, 0.6) is 0 Å². The zero-order valence-corrected chi connectivity index (χ0v) is 23.0. The summed E-state index contributed by atoms with van der Waals surface area (Å²) in [5.74, 6) is -1.17. The van der Waals surface area contributed by atoms with Gasteiger partial charge in [-0.1, -0.05) is 12.1 Å². The summed E-state index contributed by atoms with van der Waals surface area (Å²) in [5.41, 5.74) is 2.39. The molecule has 0 saturated carbocycles. The number of piperidine rings is 1. The van der Waals surface area contributed by atoms with Gasteiger partial charge >= 0.3 is 12.1 Å². The van der Waals surface area contributed by atoms with Crippen LogP contribution < -0.4 is 16.1 Å². The van der Waals surface area contributed by atoms with Gasteiger partial charge in [0.25, 0.3) is 0 Å². The lowest BCUT2D eigenvalue weighted by atomic mass is 9.83. The first-order chi connectivity index (χ1) is 18.8. The Morgan fingerprint density at radius 2 is 1.98 bits per heavy atom. The number of hydrogen-bond acceptors (Lipinski definition) is 9. The Labute approximate surface area is 231 Å². The van der Waals surface area contributed by atoms with Crippen molar-refractivity contribution in [3.63, 3.8) is 0 Å². The van der Waals surface area contributed by atoms with Gasteiger partial charge in [-0.3, -0.25) is 4.79 Å². The first kappa shape index (κ1) is 30.0. The molecule has 0 aromatic heterocycles. The van der Waals surface area contributed by atoms with Crippen LogP contribution in [0.4, 0.5) is 18.9 Å². The molecular weight excluding hydrogens is 531 g/mol. The van der Waals surface area contributed by atoms with E-state index in [1.165, 1.54) is 24.3 Å². The number of anilines is 1. The van der Waals surface area contributed by atoms with Gasteiger partial charge in [-0.2, -0.15) is 18.4 Å². The van der Waals surface area contributed by atoms with Gasteiger partial charge in [-0.15, -0.1) is 0 Å². The molecule has 40 heavy (non-hydrogen) atoms. The third kappa shape index (κ3) is 6.35. The minimum absolute atomic E-state index is 0.0401. The summed E-state index contributed by atoms with van der Waals surface area (Å²) in [5, 5.41) is 17.8. The Morgan fingerprint density at radius 1 is 1.27 bits per heavy atom. The molecule has 3 fully saturated rings. The Morgan fingerprint density at radius 3 is 2.52 bits per heavy atom. The Kier molecular flexibility index (Phi) is 8.65. The van der Waals surface area contributed by atoms with E-state index in [9.17, 15) is 28.0 Å². The molecule has 3 unspecified atom stereocenters. The Bertz CT molecular complexity index is 1110. The number of carbonyl (C=O) groups is 2. The van der Waals surface area contributed by atoms with Crippen LogP contribution in [0.1, 0.15) is 58.1 Å². The van der Waals surface area contributed by atoms with Gasteiger partial charge in [0.15, 0.2) is 12.2 Å². The number of amides is 1. The zero-order valence-electron chi connectivity index (χ0n) is 23.0. The van der Waals surface area contributed by atoms with Crippen molar-refractivity contribution in [3.8, 4) is 6.07 Å². The van der Waals surface area contributed by atoms with Gasteiger partial charge in [-0.25, -0.2) is 15.2 Å². The fourth-order valence-electron chi connectivity index (χ4n) is 5.73. The number of alkyl halides is 3. The van der Waals surface area contributed by atoms with Gasteiger partial charge in [0.2, 0.25) is 5.91 Å². The lowest BCUT2D eigenvalue weighted by molar-refractivity contribution is -0.216. The number of hydrogen-bond donors (Lipinski definition) is 3. The molecule has 1 aromatic carbocycles. The van der Waals surface area contributed by atoms with Crippen molar-refractivity contribution in [2.75, 3.05) is 25.6 Å². The van der Waals surface area contributed by atoms with Crippen molar-refractivity contribution in [2.24, 2.45) is 5.92 Å². The number of carbonyl (C=O) groups excluding carboxylic acids is 2. The third-order valence-electron chi connectivity index (χ3n) is 7.51. The minimum Gasteiger partial charge on any atom is -0.458 e. The van der Waals surface area contributed by atoms with Crippen LogP contribution in [0.25, 0.3) is 0 Å². The maximum absolute atomic E-state index is 13.3. The van der Waals surface area contributed by atoms with Crippen molar-refractivity contribution >= 4 is 17.6 Å². The second-order valence-electron chi connectivity index (χ2n) is 11.5. The highest BCUT2D eigenvalue weighted by atomic mass is 19.4. The minimum atomic E-state index is -4.55. The standard InChI is InChI=1S/C27H36F3N5O5/c1-25(2,3)40-24(37)19-9-11-26(12-13-31,15-39-19)35-18-10-14-32-23(36)20(18)22(34-35)33-17-7-5-16(6-8-17)21(38-4)27(28,29)30/h5-8,18-22,33-34H,9-12,14-15H2,1-4H3,(H,32,36)/t18?,19-,20?,21-,22?,26-/m0/s1. The summed E-state index contributed by atoms with van der Waals surface area (Å²) in [6, 6.07) is 7.64. The molecule has 3 heterocycles. The van der Waals surface area contributed by atoms with Crippen LogP contribution in [0.15, 0.2) is 24.3 Å². The van der Waals surface area contributed by atoms with Crippen LogP contribution >= 0.6 is 0 Å². The summed E-state index contributed by atoms with van der Waals surface area (Å²) in [4.78, 5) is 25.6. The lowest BCUT2D eigenvalue weighted by Gasteiger charge is -2.47. The van der Waals surface area contributed by atoms with E-state index in [-0.39, 0.29) is 30.5 Å². The average Bonchev–Trinajstić information content (AvgIpc) is 3.24. The van der Waals surface area contributed by atoms with E-state index in [0.717, 1.165) is 7.11 Å². The molecule has 3 aliphatic heterocycles. The fourth-order valence-corrected chi connectivity index (χ4v) is 5.73. The number of benzene rings is 1. The highest BCUT2D eigenvalue weighted by molar-refractivity contribution is 5.82. The molecular formula is C27H36F3N5O5. The van der Waals surface area contributed by atoms with Crippen molar-refractivity contribution in [1.29, 1.82) is 5.26 Å². The molecule has 0 aliphatic carbocycles. The number of hydrazine groups is 1. The van der Waals surface area contributed by atoms with Crippen molar-refractivity contribution < 1.29 is 37.0 Å². The molecule has 10 nitrogen and oxygen atoms in total. The summed E-state index contributed by atoms with van der Waals surface area (Å²) in [6.45, 7) is 5.88. The molecule has 1 aromatic rings. The van der Waals surface area contributed by atoms with E-state index >= 15 is 0 Å². The summed E-state index contributed by atoms with van der Waals surface area (Å²) in [7, 11) is 1.00. The zero-order chi connectivity index (χ0) is 29.3. The van der Waals surface area contributed by atoms with Gasteiger partial charge in [-0.05, 0) is 57.7 Å². The highest BCUT2D eigenvalue weighted by Crippen LogP contribution is 2.41. The normalized spacial score (nSPS) is 30.1. The van der Waals surface area contributed by atoms with E-state index in [1.807, 2.05) is 5.01 Å². The quantitative estimate of drug-likeness (QED) is 0.426. The predicted octanol–water partition coefficient (Wildman–Crippen LogP) is 3.17. The van der Waals surface area contributed by atoms with Crippen LogP contribution in [0, 0.1) is 17.2 Å². The number of methoxy groups -OCH3 is 1. The van der Waals surface area contributed by atoms with Crippen molar-refractivity contribution in [3.05, 3.63) is 29.8 Å². The Hall–Kier alpha value is -2.92. The maximum Gasteiger partial charge on any atom is 0.418 e. The molecule has 0 bridgehead atoms. The van der Waals surface area contributed by atoms with E-state index in [2.05, 4.69) is 26.9 Å². The molecule has 6 atom stereocenters. The van der Waals surface area contributed by atoms with Gasteiger partial charge in [0.05, 0.1) is 30.6 Å². The number of esters is 1. The Balaban J connectivity index is 1.53. The molecule has 13 heteroatoms. The third-order valence-corrected chi connectivity index (χ3v) is 7.51. The summed E-state index contributed by atoms with van der Waals surface area (Å²) < 4.78 is 55.9. The number of nitrogens with one attached hydrogen (secondary N) is 3. The summed E-state index contributed by atoms with van der Waals surface area (Å²) in [6.07, 6.45) is -6.43. The highest BCUT2D eigenvalue weighted by Gasteiger charge is 2.56. The molecule has 220 valence electrons. The van der Waals surface area contributed by atoms with E-state index in [0.29, 0.717) is 31.5 Å². The van der Waals surface area contributed by atoms with E-state index in [4.69, 9.17) is 9.47 Å². The van der Waals surface area contributed by atoms with Crippen LogP contribution in [0.2, 0.25) is 0 Å². The smallest absolute Gasteiger partial charge is 0.418 e. The van der Waals surface area contributed by atoms with E-state index < -0.39 is 47.6 Å². The number of ether oxygens (including phenoxy) is 3. The molecule has 0 radical (unpaired) electrons. The van der Waals surface area contributed by atoms with Gasteiger partial charge < -0.3 is 24.8 Å². The van der Waals surface area contributed by atoms with Gasteiger partial charge in [0.1, 0.15) is 11.8 Å². The fraction of sp³-hybridized carbons (Fsp3) is 0.667. The molecule has 4 rings (SSSR count). The van der Waals surface area contributed by atoms with Crippen LogP contribution in [0.3, 0.4) is 0 Å². The lowest BCUT2D eigenvalue weighted by Crippen LogP contribution is -2.63. The number of nitrogens with zero attached hydrogens (tertiary/aromatic N) is 2. The number of fused-ring (bicyclic) bond motifs is 1. The topological polar surface area (TPSA) is 125 Å². The number of nitriles is 1. The number of halogens is 3. The predicted molar refractivity (Wildman–Crippen MR) is 137 cm³/mol. The first-order valence-electron chi connectivity index (χ1n) is 13.3. The van der Waals surface area contributed by atoms with Crippen LogP contribution in [-0.4, -0.2) is 72.8 Å². The first-order valence-corrected chi connectivity index (χ1v) is 13.3. The van der Waals surface area contributed by atoms with Crippen LogP contribution in [-0.2, 0) is 23.8 Å². The number of rotatable bonds is 7. The molecule has 3 N–H and O–H groups in total. The molecule has 0 spiro atoms. The second kappa shape index (κ2) is 11.5. The van der Waals surface area contributed by atoms with Gasteiger partial charge in [0, 0.05) is 25.4 Å². The summed E-state index contributed by atoms with van der Waals surface area (Å²) >= 11 is 0. The van der Waals surface area contributed by atoms with Crippen molar-refractivity contribution in [1.82, 2.24) is 15.8 Å². The maximum atomic E-state index is 13.3. The monoisotopic (exact) mass is 567 g/mol. The molecule has 1 amide bonds. The average molecular weight is 568 g/mol. The molecule has 3 aliphatic rings. The van der Waals surface area contributed by atoms with Crippen molar-refractivity contribution in [2.45, 2.75) is 88.2 Å². The largest absolute Gasteiger partial charge is 0.458 e.